The summed E-state index contributed by atoms with van der Waals surface area (Å²) >= 11 is 6.38. The molecule has 0 saturated carbocycles. The van der Waals surface area contributed by atoms with Crippen LogP contribution in [0, 0.1) is 28.1 Å². The molecule has 5 heteroatoms. The van der Waals surface area contributed by atoms with Crippen molar-refractivity contribution in [1.82, 2.24) is 0 Å². The topological polar surface area (TPSA) is 63.2 Å². The van der Waals surface area contributed by atoms with E-state index >= 15 is 0 Å². The van der Waals surface area contributed by atoms with Crippen molar-refractivity contribution in [2.24, 2.45) is 10.4 Å². The van der Waals surface area contributed by atoms with Crippen molar-refractivity contribution in [2.45, 2.75) is 38.3 Å². The van der Waals surface area contributed by atoms with Crippen LogP contribution in [-0.2, 0) is 0 Å². The summed E-state index contributed by atoms with van der Waals surface area (Å²) in [5.41, 5.74) is 3.06. The lowest BCUT2D eigenvalue weighted by molar-refractivity contribution is 0.437. The molecule has 2 heterocycles. The van der Waals surface area contributed by atoms with Crippen LogP contribution in [0.5, 0.6) is 0 Å². The number of fused-ring (bicyclic) bond motifs is 6. The number of anilines is 1. The summed E-state index contributed by atoms with van der Waals surface area (Å²) in [7, 11) is 0. The normalized spacial score (nSPS) is 21.5. The molecular weight excluding hydrogens is 428 g/mol. The molecule has 0 N–H and O–H groups in total. The summed E-state index contributed by atoms with van der Waals surface area (Å²) in [6.45, 7) is 6.10. The van der Waals surface area contributed by atoms with Gasteiger partial charge in [0.1, 0.15) is 5.84 Å². The number of nitrogens with zero attached hydrogens (tertiary/aromatic N) is 4. The highest BCUT2D eigenvalue weighted by atomic mass is 35.5. The first-order valence-corrected chi connectivity index (χ1v) is 11.3. The molecule has 2 aliphatic heterocycles. The van der Waals surface area contributed by atoms with Crippen LogP contribution in [0.4, 0.5) is 5.69 Å². The Morgan fingerprint density at radius 2 is 1.58 bits per heavy atom. The van der Waals surface area contributed by atoms with Crippen molar-refractivity contribution in [3.63, 3.8) is 0 Å². The number of hydrogen-bond acceptors (Lipinski definition) is 3. The molecule has 1 fully saturated rings. The molecule has 0 bridgehead atoms. The number of rotatable bonds is 1. The zero-order valence-electron chi connectivity index (χ0n) is 18.7. The lowest BCUT2D eigenvalue weighted by Crippen LogP contribution is -2.36. The zero-order valence-corrected chi connectivity index (χ0v) is 19.5. The van der Waals surface area contributed by atoms with Gasteiger partial charge in [0.25, 0.3) is 0 Å². The highest BCUT2D eigenvalue weighted by Crippen LogP contribution is 2.61. The third-order valence-corrected chi connectivity index (χ3v) is 6.60. The molecule has 0 radical (unpaired) electrons. The van der Waals surface area contributed by atoms with Crippen LogP contribution < -0.4 is 4.90 Å². The van der Waals surface area contributed by atoms with E-state index < -0.39 is 22.9 Å². The van der Waals surface area contributed by atoms with Gasteiger partial charge in [0.15, 0.2) is 5.41 Å². The molecule has 5 rings (SSSR count). The van der Waals surface area contributed by atoms with Gasteiger partial charge in [-0.1, -0.05) is 66.2 Å². The van der Waals surface area contributed by atoms with Gasteiger partial charge in [-0.25, -0.2) is 0 Å². The van der Waals surface area contributed by atoms with Gasteiger partial charge >= 0.3 is 0 Å². The van der Waals surface area contributed by atoms with Gasteiger partial charge in [-0.05, 0) is 55.7 Å². The number of hydrogen-bond donors (Lipinski definition) is 0. The molecule has 0 spiro atoms. The first-order valence-electron chi connectivity index (χ1n) is 11.0. The second-order valence-electron chi connectivity index (χ2n) is 9.60. The quantitative estimate of drug-likeness (QED) is 0.405. The van der Waals surface area contributed by atoms with Crippen molar-refractivity contribution in [1.29, 1.82) is 10.5 Å². The Balaban J connectivity index is 1.92. The highest BCUT2D eigenvalue weighted by molar-refractivity contribution is 6.30. The van der Waals surface area contributed by atoms with Crippen molar-refractivity contribution in [2.75, 3.05) is 4.90 Å². The molecule has 2 aliphatic rings. The zero-order chi connectivity index (χ0) is 23.4. The second-order valence-corrected chi connectivity index (χ2v) is 10.0. The molecule has 0 aliphatic carbocycles. The van der Waals surface area contributed by atoms with Crippen LogP contribution in [0.3, 0.4) is 0 Å². The summed E-state index contributed by atoms with van der Waals surface area (Å²) in [5.74, 6) is 0.162. The van der Waals surface area contributed by atoms with E-state index in [1.807, 2.05) is 69.3 Å². The van der Waals surface area contributed by atoms with Crippen LogP contribution in [0.15, 0.2) is 77.8 Å². The summed E-state index contributed by atoms with van der Waals surface area (Å²) in [6, 6.07) is 28.1. The van der Waals surface area contributed by atoms with E-state index in [4.69, 9.17) is 16.6 Å². The summed E-state index contributed by atoms with van der Waals surface area (Å²) < 4.78 is 0. The molecule has 2 unspecified atom stereocenters. The van der Waals surface area contributed by atoms with Gasteiger partial charge < -0.3 is 4.90 Å². The number of aliphatic imine (C=N–C) groups is 1. The Morgan fingerprint density at radius 1 is 0.909 bits per heavy atom. The van der Waals surface area contributed by atoms with E-state index in [1.165, 1.54) is 0 Å². The largest absolute Gasteiger partial charge is 0.319 e. The second kappa shape index (κ2) is 7.48. The van der Waals surface area contributed by atoms with E-state index in [-0.39, 0.29) is 0 Å². The van der Waals surface area contributed by atoms with E-state index in [9.17, 15) is 10.5 Å². The first-order chi connectivity index (χ1) is 15.8. The minimum Gasteiger partial charge on any atom is -0.319 e. The minimum atomic E-state index is -1.39. The molecule has 2 atom stereocenters. The van der Waals surface area contributed by atoms with Crippen molar-refractivity contribution in [3.8, 4) is 23.3 Å². The predicted octanol–water partition coefficient (Wildman–Crippen LogP) is 6.90. The lowest BCUT2D eigenvalue weighted by Gasteiger charge is -2.38. The highest BCUT2D eigenvalue weighted by Gasteiger charge is 2.62. The van der Waals surface area contributed by atoms with Crippen molar-refractivity contribution in [3.05, 3.63) is 88.9 Å². The SMILES string of the molecule is CC(C)(C)N=C1C(c2cccc(Cl)c2)C(C#N)(C#N)C2c3ccccc3-c3ccccc3N12. The fourth-order valence-electron chi connectivity index (χ4n) is 5.21. The van der Waals surface area contributed by atoms with E-state index in [1.54, 1.807) is 6.07 Å². The molecular formula is C28H23ClN4. The Labute approximate surface area is 199 Å². The Morgan fingerprint density at radius 3 is 2.24 bits per heavy atom. The number of benzene rings is 3. The molecule has 0 aromatic heterocycles. The molecule has 3 aromatic rings. The van der Waals surface area contributed by atoms with E-state index in [0.29, 0.717) is 5.02 Å². The predicted molar refractivity (Wildman–Crippen MR) is 132 cm³/mol. The van der Waals surface area contributed by atoms with Crippen LogP contribution in [0.1, 0.15) is 43.9 Å². The minimum absolute atomic E-state index is 0.413. The third kappa shape index (κ3) is 3.14. The maximum atomic E-state index is 10.7. The Hall–Kier alpha value is -3.60. The Bertz CT molecular complexity index is 1360. The van der Waals surface area contributed by atoms with Gasteiger partial charge in [-0.3, -0.25) is 4.99 Å². The molecule has 0 amide bonds. The van der Waals surface area contributed by atoms with Crippen molar-refractivity contribution >= 4 is 23.1 Å². The molecule has 4 nitrogen and oxygen atoms in total. The molecule has 1 saturated heterocycles. The number of amidine groups is 1. The fourth-order valence-corrected chi connectivity index (χ4v) is 5.41. The third-order valence-electron chi connectivity index (χ3n) is 6.36. The summed E-state index contributed by atoms with van der Waals surface area (Å²) in [6.07, 6.45) is 0. The monoisotopic (exact) mass is 450 g/mol. The van der Waals surface area contributed by atoms with Gasteiger partial charge in [0.05, 0.1) is 35.3 Å². The van der Waals surface area contributed by atoms with Gasteiger partial charge in [-0.2, -0.15) is 10.5 Å². The molecule has 33 heavy (non-hydrogen) atoms. The van der Waals surface area contributed by atoms with Crippen LogP contribution in [-0.4, -0.2) is 11.4 Å². The maximum absolute atomic E-state index is 10.7. The van der Waals surface area contributed by atoms with Gasteiger partial charge in [0, 0.05) is 10.6 Å². The van der Waals surface area contributed by atoms with E-state index in [0.717, 1.165) is 33.8 Å². The molecule has 3 aromatic carbocycles. The summed E-state index contributed by atoms with van der Waals surface area (Å²) in [4.78, 5) is 7.27. The number of para-hydroxylation sites is 1. The lowest BCUT2D eigenvalue weighted by atomic mass is 9.69. The average Bonchev–Trinajstić information content (AvgIpc) is 3.08. The number of nitriles is 2. The average molecular weight is 451 g/mol. The van der Waals surface area contributed by atoms with Crippen molar-refractivity contribution < 1.29 is 0 Å². The van der Waals surface area contributed by atoms with E-state index in [2.05, 4.69) is 35.2 Å². The molecule has 162 valence electrons. The fraction of sp³-hybridized carbons (Fsp3) is 0.250. The number of halogens is 1. The van der Waals surface area contributed by atoms with Crippen LogP contribution in [0.25, 0.3) is 11.1 Å². The van der Waals surface area contributed by atoms with Crippen LogP contribution in [0.2, 0.25) is 5.02 Å². The first kappa shape index (κ1) is 21.3. The standard InChI is InChI=1S/C28H23ClN4/c1-27(2,3)32-26-24(18-9-8-10-19(29)15-18)28(16-30,17-31)25-22-13-5-4-11-20(22)21-12-6-7-14-23(21)33(25)26/h4-15,24-25H,1-3H3. The van der Waals surface area contributed by atoms with Crippen LogP contribution >= 0.6 is 11.6 Å². The Kier molecular flexibility index (Phi) is 4.82. The van der Waals surface area contributed by atoms with Gasteiger partial charge in [0.2, 0.25) is 0 Å². The van der Waals surface area contributed by atoms with Gasteiger partial charge in [-0.15, -0.1) is 0 Å². The smallest absolute Gasteiger partial charge is 0.182 e. The maximum Gasteiger partial charge on any atom is 0.182 e. The summed E-state index contributed by atoms with van der Waals surface area (Å²) in [5, 5.41) is 21.9.